The number of aromatic nitrogens is 1. The SMILES string of the molecule is O=C1NCC(c2cncc(Br)c2)O1. The van der Waals surface area contributed by atoms with Gasteiger partial charge in [0.05, 0.1) is 6.54 Å². The third kappa shape index (κ3) is 1.80. The van der Waals surface area contributed by atoms with Crippen LogP contribution in [-0.4, -0.2) is 17.6 Å². The summed E-state index contributed by atoms with van der Waals surface area (Å²) >= 11 is 3.30. The van der Waals surface area contributed by atoms with Crippen LogP contribution < -0.4 is 5.32 Å². The van der Waals surface area contributed by atoms with E-state index in [2.05, 4.69) is 26.2 Å². The van der Waals surface area contributed by atoms with E-state index in [1.807, 2.05) is 6.07 Å². The minimum atomic E-state index is -0.370. The van der Waals surface area contributed by atoms with Crippen LogP contribution in [0.3, 0.4) is 0 Å². The smallest absolute Gasteiger partial charge is 0.407 e. The maximum atomic E-state index is 10.7. The summed E-state index contributed by atoms with van der Waals surface area (Å²) in [5, 5.41) is 2.58. The van der Waals surface area contributed by atoms with Gasteiger partial charge in [0.1, 0.15) is 6.10 Å². The van der Waals surface area contributed by atoms with Crippen LogP contribution in [0.2, 0.25) is 0 Å². The fourth-order valence-electron chi connectivity index (χ4n) is 1.18. The zero-order chi connectivity index (χ0) is 9.26. The summed E-state index contributed by atoms with van der Waals surface area (Å²) in [6, 6.07) is 1.89. The summed E-state index contributed by atoms with van der Waals surface area (Å²) in [5.74, 6) is 0. The summed E-state index contributed by atoms with van der Waals surface area (Å²) in [4.78, 5) is 14.7. The molecule has 2 heterocycles. The molecule has 2 rings (SSSR count). The van der Waals surface area contributed by atoms with Gasteiger partial charge >= 0.3 is 6.09 Å². The Morgan fingerprint density at radius 1 is 1.62 bits per heavy atom. The molecule has 0 aromatic carbocycles. The lowest BCUT2D eigenvalue weighted by Crippen LogP contribution is -2.12. The fraction of sp³-hybridized carbons (Fsp3) is 0.250. The second-order valence-electron chi connectivity index (χ2n) is 2.71. The van der Waals surface area contributed by atoms with Gasteiger partial charge in [-0.2, -0.15) is 0 Å². The van der Waals surface area contributed by atoms with Crippen LogP contribution in [-0.2, 0) is 4.74 Å². The van der Waals surface area contributed by atoms with Gasteiger partial charge in [-0.1, -0.05) is 0 Å². The van der Waals surface area contributed by atoms with Crippen LogP contribution in [0.4, 0.5) is 4.79 Å². The van der Waals surface area contributed by atoms with Crippen molar-refractivity contribution in [1.29, 1.82) is 0 Å². The van der Waals surface area contributed by atoms with Crippen LogP contribution in [0, 0.1) is 0 Å². The summed E-state index contributed by atoms with van der Waals surface area (Å²) in [5.41, 5.74) is 0.896. The van der Waals surface area contributed by atoms with E-state index in [0.29, 0.717) is 6.54 Å². The molecule has 1 N–H and O–H groups in total. The molecule has 1 aromatic rings. The normalized spacial score (nSPS) is 21.0. The number of pyridine rings is 1. The van der Waals surface area contributed by atoms with Gasteiger partial charge in [-0.05, 0) is 22.0 Å². The van der Waals surface area contributed by atoms with Crippen molar-refractivity contribution in [1.82, 2.24) is 10.3 Å². The first-order chi connectivity index (χ1) is 6.25. The molecule has 1 aliphatic rings. The highest BCUT2D eigenvalue weighted by Crippen LogP contribution is 2.22. The van der Waals surface area contributed by atoms with E-state index in [-0.39, 0.29) is 12.2 Å². The Balaban J connectivity index is 2.21. The van der Waals surface area contributed by atoms with Gasteiger partial charge in [0.2, 0.25) is 0 Å². The number of hydrogen-bond acceptors (Lipinski definition) is 3. The average Bonchev–Trinajstić information content (AvgIpc) is 2.52. The summed E-state index contributed by atoms with van der Waals surface area (Å²) in [6.45, 7) is 0.511. The van der Waals surface area contributed by atoms with Crippen LogP contribution in [0.15, 0.2) is 22.9 Å². The van der Waals surface area contributed by atoms with Crippen LogP contribution in [0.1, 0.15) is 11.7 Å². The summed E-state index contributed by atoms with van der Waals surface area (Å²) < 4.78 is 5.87. The molecule has 1 atom stereocenters. The van der Waals surface area contributed by atoms with Crippen LogP contribution >= 0.6 is 15.9 Å². The second-order valence-corrected chi connectivity index (χ2v) is 3.63. The monoisotopic (exact) mass is 242 g/mol. The molecule has 1 fully saturated rings. The van der Waals surface area contributed by atoms with E-state index in [4.69, 9.17) is 4.74 Å². The molecule has 1 saturated heterocycles. The molecule has 1 aliphatic heterocycles. The maximum absolute atomic E-state index is 10.7. The second kappa shape index (κ2) is 3.33. The number of halogens is 1. The molecule has 0 bridgehead atoms. The lowest BCUT2D eigenvalue weighted by Gasteiger charge is -2.06. The third-order valence-electron chi connectivity index (χ3n) is 1.78. The molecular formula is C8H7BrN2O2. The fourth-order valence-corrected chi connectivity index (χ4v) is 1.56. The Hall–Kier alpha value is -1.10. The molecule has 13 heavy (non-hydrogen) atoms. The Kier molecular flexibility index (Phi) is 2.18. The molecular weight excluding hydrogens is 236 g/mol. The number of nitrogens with one attached hydrogen (secondary N) is 1. The zero-order valence-electron chi connectivity index (χ0n) is 6.66. The highest BCUT2D eigenvalue weighted by molar-refractivity contribution is 9.10. The molecule has 4 nitrogen and oxygen atoms in total. The zero-order valence-corrected chi connectivity index (χ0v) is 8.24. The van der Waals surface area contributed by atoms with Gasteiger partial charge in [0, 0.05) is 22.4 Å². The van der Waals surface area contributed by atoms with Gasteiger partial charge in [-0.15, -0.1) is 0 Å². The molecule has 1 aromatic heterocycles. The molecule has 1 unspecified atom stereocenters. The van der Waals surface area contributed by atoms with Crippen molar-refractivity contribution in [2.75, 3.05) is 6.54 Å². The maximum Gasteiger partial charge on any atom is 0.407 e. The molecule has 0 radical (unpaired) electrons. The molecule has 5 heteroatoms. The topological polar surface area (TPSA) is 51.2 Å². The lowest BCUT2D eigenvalue weighted by molar-refractivity contribution is 0.141. The number of rotatable bonds is 1. The van der Waals surface area contributed by atoms with E-state index >= 15 is 0 Å². The number of cyclic esters (lactones) is 1. The Morgan fingerprint density at radius 2 is 2.46 bits per heavy atom. The van der Waals surface area contributed by atoms with Crippen molar-refractivity contribution in [3.8, 4) is 0 Å². The number of alkyl carbamates (subject to hydrolysis) is 1. The van der Waals surface area contributed by atoms with Gasteiger partial charge in [0.15, 0.2) is 0 Å². The number of hydrogen-bond donors (Lipinski definition) is 1. The number of nitrogens with zero attached hydrogens (tertiary/aromatic N) is 1. The van der Waals surface area contributed by atoms with E-state index < -0.39 is 0 Å². The van der Waals surface area contributed by atoms with Gasteiger partial charge in [0.25, 0.3) is 0 Å². The third-order valence-corrected chi connectivity index (χ3v) is 2.21. The molecule has 68 valence electrons. The molecule has 0 aliphatic carbocycles. The molecule has 1 amide bonds. The standard InChI is InChI=1S/C8H7BrN2O2/c9-6-1-5(2-10-3-6)7-4-11-8(12)13-7/h1-3,7H,4H2,(H,11,12). The predicted octanol–water partition coefficient (Wildman–Crippen LogP) is 1.62. The van der Waals surface area contributed by atoms with Crippen molar-refractivity contribution in [3.05, 3.63) is 28.5 Å². The largest absolute Gasteiger partial charge is 0.439 e. The van der Waals surface area contributed by atoms with Gasteiger partial charge in [-0.3, -0.25) is 4.98 Å². The number of carbonyl (C=O) groups excluding carboxylic acids is 1. The minimum Gasteiger partial charge on any atom is -0.439 e. The van der Waals surface area contributed by atoms with Gasteiger partial charge in [-0.25, -0.2) is 4.79 Å². The van der Waals surface area contributed by atoms with E-state index in [0.717, 1.165) is 10.0 Å². The lowest BCUT2D eigenvalue weighted by atomic mass is 10.2. The first-order valence-electron chi connectivity index (χ1n) is 3.80. The van der Waals surface area contributed by atoms with E-state index in [9.17, 15) is 4.79 Å². The first kappa shape index (κ1) is 8.50. The van der Waals surface area contributed by atoms with Crippen molar-refractivity contribution in [3.63, 3.8) is 0 Å². The summed E-state index contributed by atoms with van der Waals surface area (Å²) in [6.07, 6.45) is 2.80. The van der Waals surface area contributed by atoms with E-state index in [1.165, 1.54) is 0 Å². The predicted molar refractivity (Wildman–Crippen MR) is 49.2 cm³/mol. The Bertz CT molecular complexity index is 343. The number of carbonyl (C=O) groups is 1. The Morgan fingerprint density at radius 3 is 3.08 bits per heavy atom. The molecule has 0 spiro atoms. The molecule has 0 saturated carbocycles. The highest BCUT2D eigenvalue weighted by atomic mass is 79.9. The van der Waals surface area contributed by atoms with Crippen molar-refractivity contribution in [2.24, 2.45) is 0 Å². The van der Waals surface area contributed by atoms with Gasteiger partial charge < -0.3 is 10.1 Å². The Labute approximate surface area is 83.4 Å². The number of amides is 1. The summed E-state index contributed by atoms with van der Waals surface area (Å²) in [7, 11) is 0. The van der Waals surface area contributed by atoms with E-state index in [1.54, 1.807) is 12.4 Å². The van der Waals surface area contributed by atoms with Crippen LogP contribution in [0.5, 0.6) is 0 Å². The van der Waals surface area contributed by atoms with Crippen LogP contribution in [0.25, 0.3) is 0 Å². The first-order valence-corrected chi connectivity index (χ1v) is 4.60. The van der Waals surface area contributed by atoms with Crippen molar-refractivity contribution < 1.29 is 9.53 Å². The van der Waals surface area contributed by atoms with Crippen molar-refractivity contribution in [2.45, 2.75) is 6.10 Å². The quantitative estimate of drug-likeness (QED) is 0.815. The number of ether oxygens (including phenoxy) is 1. The minimum absolute atomic E-state index is 0.211. The average molecular weight is 243 g/mol. The van der Waals surface area contributed by atoms with Crippen molar-refractivity contribution >= 4 is 22.0 Å². The highest BCUT2D eigenvalue weighted by Gasteiger charge is 2.24.